The normalized spacial score (nSPS) is 13.4. The number of hydrogen-bond acceptors (Lipinski definition) is 6. The van der Waals surface area contributed by atoms with E-state index in [0.29, 0.717) is 38.1 Å². The quantitative estimate of drug-likeness (QED) is 0.269. The molecule has 1 aliphatic carbocycles. The number of carbonyl (C=O) groups excluding carboxylic acids is 1. The zero-order valence-electron chi connectivity index (χ0n) is 18.4. The molecule has 6 nitrogen and oxygen atoms in total. The van der Waals surface area contributed by atoms with Crippen molar-refractivity contribution in [3.05, 3.63) is 56.9 Å². The second kappa shape index (κ2) is 11.4. The molecule has 176 valence electrons. The Morgan fingerprint density at radius 2 is 2.03 bits per heavy atom. The van der Waals surface area contributed by atoms with Crippen molar-refractivity contribution in [2.24, 2.45) is 0 Å². The number of anilines is 1. The molecule has 0 unspecified atom stereocenters. The van der Waals surface area contributed by atoms with Gasteiger partial charge in [-0.25, -0.2) is 0 Å². The lowest BCUT2D eigenvalue weighted by atomic mass is 9.97. The van der Waals surface area contributed by atoms with Gasteiger partial charge in [-0.05, 0) is 49.4 Å². The monoisotopic (exact) mass is 531 g/mol. The van der Waals surface area contributed by atoms with Gasteiger partial charge in [0.2, 0.25) is 5.91 Å². The Hall–Kier alpha value is -2.31. The first-order valence-electron chi connectivity index (χ1n) is 11.0. The third-order valence-corrected chi connectivity index (χ3v) is 8.49. The molecule has 34 heavy (non-hydrogen) atoms. The van der Waals surface area contributed by atoms with Crippen molar-refractivity contribution in [3.8, 4) is 17.5 Å². The molecule has 0 atom stereocenters. The number of halogens is 2. The van der Waals surface area contributed by atoms with E-state index in [4.69, 9.17) is 23.2 Å². The number of allylic oxidation sites excluding steroid dienone is 1. The maximum Gasteiger partial charge on any atom is 0.235 e. The number of nitrogens with one attached hydrogen (secondary N) is 1. The standard InChI is InChI=1S/C24H23Cl2N5OS2/c1-2-11-31-22(15-9-10-18(25)19(26)12-15)29-30-24(31)33-14-21(32)28-23-17(13-27)16-7-5-3-4-6-8-20(16)34-23/h2,9-10,12H,1,3-8,11,14H2,(H,28,32). The van der Waals surface area contributed by atoms with Crippen LogP contribution in [0.4, 0.5) is 5.00 Å². The average molecular weight is 533 g/mol. The van der Waals surface area contributed by atoms with Gasteiger partial charge in [0.05, 0.1) is 21.4 Å². The van der Waals surface area contributed by atoms with E-state index in [2.05, 4.69) is 28.2 Å². The number of nitriles is 1. The Morgan fingerprint density at radius 1 is 1.24 bits per heavy atom. The molecule has 0 spiro atoms. The van der Waals surface area contributed by atoms with Crippen LogP contribution in [0.5, 0.6) is 0 Å². The van der Waals surface area contributed by atoms with Gasteiger partial charge in [0.1, 0.15) is 11.1 Å². The Labute approximate surface area is 217 Å². The highest BCUT2D eigenvalue weighted by atomic mass is 35.5. The van der Waals surface area contributed by atoms with Gasteiger partial charge in [0, 0.05) is 17.0 Å². The topological polar surface area (TPSA) is 83.6 Å². The lowest BCUT2D eigenvalue weighted by molar-refractivity contribution is -0.113. The van der Waals surface area contributed by atoms with Crippen LogP contribution >= 0.6 is 46.3 Å². The van der Waals surface area contributed by atoms with Crippen molar-refractivity contribution in [1.29, 1.82) is 5.26 Å². The van der Waals surface area contributed by atoms with Crippen molar-refractivity contribution in [3.63, 3.8) is 0 Å². The number of rotatable bonds is 7. The number of amides is 1. The van der Waals surface area contributed by atoms with Crippen LogP contribution in [0.1, 0.15) is 41.7 Å². The lowest BCUT2D eigenvalue weighted by Crippen LogP contribution is -2.14. The summed E-state index contributed by atoms with van der Waals surface area (Å²) in [6, 6.07) is 7.59. The predicted octanol–water partition coefficient (Wildman–Crippen LogP) is 6.76. The van der Waals surface area contributed by atoms with Crippen LogP contribution in [-0.4, -0.2) is 26.4 Å². The van der Waals surface area contributed by atoms with Crippen molar-refractivity contribution in [1.82, 2.24) is 14.8 Å². The number of fused-ring (bicyclic) bond motifs is 1. The molecule has 3 aromatic rings. The average Bonchev–Trinajstić information content (AvgIpc) is 3.34. The van der Waals surface area contributed by atoms with E-state index in [-0.39, 0.29) is 11.7 Å². The summed E-state index contributed by atoms with van der Waals surface area (Å²) in [5.74, 6) is 0.579. The van der Waals surface area contributed by atoms with Crippen molar-refractivity contribution in [2.45, 2.75) is 50.2 Å². The summed E-state index contributed by atoms with van der Waals surface area (Å²) in [7, 11) is 0. The van der Waals surface area contributed by atoms with Gasteiger partial charge in [0.25, 0.3) is 0 Å². The Kier molecular flexibility index (Phi) is 8.32. The number of hydrogen-bond donors (Lipinski definition) is 1. The molecule has 0 bridgehead atoms. The van der Waals surface area contributed by atoms with E-state index in [1.165, 1.54) is 29.5 Å². The van der Waals surface area contributed by atoms with Crippen molar-refractivity contribution >= 4 is 57.2 Å². The summed E-state index contributed by atoms with van der Waals surface area (Å²) in [4.78, 5) is 14.0. The van der Waals surface area contributed by atoms with E-state index >= 15 is 0 Å². The summed E-state index contributed by atoms with van der Waals surface area (Å²) in [5, 5.41) is 23.4. The van der Waals surface area contributed by atoms with Crippen LogP contribution < -0.4 is 5.32 Å². The molecule has 1 aliphatic rings. The number of aryl methyl sites for hydroxylation is 1. The summed E-state index contributed by atoms with van der Waals surface area (Å²) in [5.41, 5.74) is 2.51. The number of thiophene rings is 1. The maximum atomic E-state index is 12.8. The molecular formula is C24H23Cl2N5OS2. The molecule has 1 N–H and O–H groups in total. The molecule has 10 heteroatoms. The SMILES string of the molecule is C=CCn1c(SCC(=O)Nc2sc3c(c2C#N)CCCCCC3)nnc1-c1ccc(Cl)c(Cl)c1. The van der Waals surface area contributed by atoms with E-state index in [1.807, 2.05) is 10.6 Å². The molecule has 0 aliphatic heterocycles. The third kappa shape index (κ3) is 5.49. The van der Waals surface area contributed by atoms with Crippen molar-refractivity contribution in [2.75, 3.05) is 11.1 Å². The molecule has 4 rings (SSSR count). The molecule has 0 radical (unpaired) electrons. The van der Waals surface area contributed by atoms with E-state index in [1.54, 1.807) is 29.5 Å². The summed E-state index contributed by atoms with van der Waals surface area (Å²) >= 11 is 15.0. The number of carbonyl (C=O) groups is 1. The fourth-order valence-electron chi connectivity index (χ4n) is 3.96. The second-order valence-electron chi connectivity index (χ2n) is 7.91. The van der Waals surface area contributed by atoms with Gasteiger partial charge in [-0.15, -0.1) is 28.1 Å². The highest BCUT2D eigenvalue weighted by molar-refractivity contribution is 7.99. The molecule has 0 saturated heterocycles. The predicted molar refractivity (Wildman–Crippen MR) is 140 cm³/mol. The molecule has 0 fully saturated rings. The maximum absolute atomic E-state index is 12.8. The van der Waals surface area contributed by atoms with Gasteiger partial charge in [-0.3, -0.25) is 9.36 Å². The van der Waals surface area contributed by atoms with Gasteiger partial charge >= 0.3 is 0 Å². The number of aromatic nitrogens is 3. The zero-order chi connectivity index (χ0) is 24.1. The van der Waals surface area contributed by atoms with Crippen LogP contribution in [0.25, 0.3) is 11.4 Å². The lowest BCUT2D eigenvalue weighted by Gasteiger charge is -2.09. The number of benzene rings is 1. The van der Waals surface area contributed by atoms with E-state index < -0.39 is 0 Å². The first-order valence-corrected chi connectivity index (χ1v) is 13.5. The number of thioether (sulfide) groups is 1. The fraction of sp³-hybridized carbons (Fsp3) is 0.333. The Morgan fingerprint density at radius 3 is 2.76 bits per heavy atom. The molecule has 0 saturated carbocycles. The summed E-state index contributed by atoms with van der Waals surface area (Å²) in [6.45, 7) is 4.29. The van der Waals surface area contributed by atoms with Gasteiger partial charge < -0.3 is 5.32 Å². The van der Waals surface area contributed by atoms with Crippen LogP contribution in [0.15, 0.2) is 36.0 Å². The Bertz CT molecular complexity index is 1260. The molecule has 2 heterocycles. The summed E-state index contributed by atoms with van der Waals surface area (Å²) in [6.07, 6.45) is 8.24. The first-order chi connectivity index (χ1) is 16.5. The molecule has 2 aromatic heterocycles. The van der Waals surface area contributed by atoms with Crippen LogP contribution in [0, 0.1) is 11.3 Å². The minimum absolute atomic E-state index is 0.143. The third-order valence-electron chi connectivity index (χ3n) is 5.57. The van der Waals surface area contributed by atoms with Gasteiger partial charge in [0.15, 0.2) is 11.0 Å². The van der Waals surface area contributed by atoms with Crippen LogP contribution in [0.2, 0.25) is 10.0 Å². The fourth-order valence-corrected chi connectivity index (χ4v) is 6.26. The van der Waals surface area contributed by atoms with Gasteiger partial charge in [-0.1, -0.05) is 53.9 Å². The minimum atomic E-state index is -0.181. The summed E-state index contributed by atoms with van der Waals surface area (Å²) < 4.78 is 1.88. The molecular weight excluding hydrogens is 509 g/mol. The van der Waals surface area contributed by atoms with Crippen LogP contribution in [-0.2, 0) is 24.2 Å². The highest BCUT2D eigenvalue weighted by Crippen LogP contribution is 2.37. The van der Waals surface area contributed by atoms with Crippen molar-refractivity contribution < 1.29 is 4.79 Å². The number of nitrogens with zero attached hydrogens (tertiary/aromatic N) is 4. The zero-order valence-corrected chi connectivity index (χ0v) is 21.6. The second-order valence-corrected chi connectivity index (χ2v) is 10.8. The van der Waals surface area contributed by atoms with E-state index in [0.717, 1.165) is 36.8 Å². The van der Waals surface area contributed by atoms with Crippen LogP contribution in [0.3, 0.4) is 0 Å². The molecule has 1 amide bonds. The highest BCUT2D eigenvalue weighted by Gasteiger charge is 2.21. The minimum Gasteiger partial charge on any atom is -0.316 e. The van der Waals surface area contributed by atoms with E-state index in [9.17, 15) is 10.1 Å². The largest absolute Gasteiger partial charge is 0.316 e. The smallest absolute Gasteiger partial charge is 0.235 e. The molecule has 1 aromatic carbocycles. The first kappa shape index (κ1) is 24.8. The van der Waals surface area contributed by atoms with Gasteiger partial charge in [-0.2, -0.15) is 5.26 Å². The Balaban J connectivity index is 1.49.